The molecule has 0 aliphatic carbocycles. The number of ether oxygens (including phenoxy) is 1. The molecule has 1 saturated heterocycles. The van der Waals surface area contributed by atoms with Crippen LogP contribution in [-0.2, 0) is 9.53 Å². The summed E-state index contributed by atoms with van der Waals surface area (Å²) in [6, 6.07) is 8.24. The molecule has 1 unspecified atom stereocenters. The summed E-state index contributed by atoms with van der Waals surface area (Å²) in [4.78, 5) is 11.4. The first kappa shape index (κ1) is 13.8. The van der Waals surface area contributed by atoms with Crippen LogP contribution in [0.3, 0.4) is 0 Å². The molecule has 104 valence electrons. The van der Waals surface area contributed by atoms with E-state index in [9.17, 15) is 4.79 Å². The van der Waals surface area contributed by atoms with Crippen LogP contribution < -0.4 is 16.0 Å². The van der Waals surface area contributed by atoms with Gasteiger partial charge in [0, 0.05) is 31.1 Å². The van der Waals surface area contributed by atoms with Crippen LogP contribution in [0.15, 0.2) is 24.3 Å². The van der Waals surface area contributed by atoms with Crippen LogP contribution in [0.2, 0.25) is 0 Å². The molecule has 1 aliphatic rings. The SMILES string of the molecule is COCC(=O)Nc1ccc(NC2CCCNC2)cc1. The molecule has 1 aromatic carbocycles. The largest absolute Gasteiger partial charge is 0.381 e. The minimum atomic E-state index is -0.139. The lowest BCUT2D eigenvalue weighted by molar-refractivity contribution is -0.119. The van der Waals surface area contributed by atoms with Crippen molar-refractivity contribution in [1.29, 1.82) is 0 Å². The third-order valence-electron chi connectivity index (χ3n) is 3.11. The van der Waals surface area contributed by atoms with Crippen LogP contribution in [0.1, 0.15) is 12.8 Å². The minimum Gasteiger partial charge on any atom is -0.381 e. The molecule has 19 heavy (non-hydrogen) atoms. The smallest absolute Gasteiger partial charge is 0.250 e. The Morgan fingerprint density at radius 2 is 2.11 bits per heavy atom. The number of piperidine rings is 1. The highest BCUT2D eigenvalue weighted by Crippen LogP contribution is 2.16. The van der Waals surface area contributed by atoms with Crippen LogP contribution >= 0.6 is 0 Å². The molecule has 1 heterocycles. The number of rotatable bonds is 5. The maximum atomic E-state index is 11.4. The van der Waals surface area contributed by atoms with Crippen molar-refractivity contribution < 1.29 is 9.53 Å². The van der Waals surface area contributed by atoms with E-state index in [0.29, 0.717) is 6.04 Å². The molecule has 5 nitrogen and oxygen atoms in total. The van der Waals surface area contributed by atoms with Gasteiger partial charge in [0.1, 0.15) is 6.61 Å². The number of hydrogen-bond acceptors (Lipinski definition) is 4. The lowest BCUT2D eigenvalue weighted by atomic mass is 10.1. The molecule has 0 radical (unpaired) electrons. The van der Waals surface area contributed by atoms with E-state index < -0.39 is 0 Å². The molecule has 1 atom stereocenters. The van der Waals surface area contributed by atoms with Gasteiger partial charge in [0.05, 0.1) is 0 Å². The zero-order chi connectivity index (χ0) is 13.5. The van der Waals surface area contributed by atoms with Gasteiger partial charge in [-0.3, -0.25) is 4.79 Å². The highest BCUT2D eigenvalue weighted by atomic mass is 16.5. The first-order valence-electron chi connectivity index (χ1n) is 6.64. The number of hydrogen-bond donors (Lipinski definition) is 3. The molecule has 1 aromatic rings. The predicted molar refractivity (Wildman–Crippen MR) is 76.5 cm³/mol. The molecule has 0 spiro atoms. The maximum Gasteiger partial charge on any atom is 0.250 e. The van der Waals surface area contributed by atoms with Gasteiger partial charge in [0.25, 0.3) is 0 Å². The number of anilines is 2. The quantitative estimate of drug-likeness (QED) is 0.752. The molecular weight excluding hydrogens is 242 g/mol. The predicted octanol–water partition coefficient (Wildman–Crippen LogP) is 1.44. The monoisotopic (exact) mass is 263 g/mol. The van der Waals surface area contributed by atoms with Gasteiger partial charge >= 0.3 is 0 Å². The van der Waals surface area contributed by atoms with Crippen LogP contribution in [0, 0.1) is 0 Å². The lowest BCUT2D eigenvalue weighted by Crippen LogP contribution is -2.38. The molecule has 0 aromatic heterocycles. The highest BCUT2D eigenvalue weighted by Gasteiger charge is 2.12. The fourth-order valence-corrected chi connectivity index (χ4v) is 2.19. The Bertz CT molecular complexity index is 400. The van der Waals surface area contributed by atoms with Gasteiger partial charge in [-0.25, -0.2) is 0 Å². The molecule has 0 saturated carbocycles. The van der Waals surface area contributed by atoms with Crippen LogP contribution in [0.4, 0.5) is 11.4 Å². The first-order valence-corrected chi connectivity index (χ1v) is 6.64. The van der Waals surface area contributed by atoms with Crippen molar-refractivity contribution in [1.82, 2.24) is 5.32 Å². The van der Waals surface area contributed by atoms with Crippen LogP contribution in [-0.4, -0.2) is 38.8 Å². The van der Waals surface area contributed by atoms with E-state index in [2.05, 4.69) is 16.0 Å². The second-order valence-corrected chi connectivity index (χ2v) is 4.75. The zero-order valence-electron chi connectivity index (χ0n) is 11.2. The average Bonchev–Trinajstić information content (AvgIpc) is 2.42. The molecule has 1 amide bonds. The van der Waals surface area contributed by atoms with Crippen LogP contribution in [0.5, 0.6) is 0 Å². The molecule has 2 rings (SSSR count). The highest BCUT2D eigenvalue weighted by molar-refractivity contribution is 5.91. The van der Waals surface area contributed by atoms with Crippen molar-refractivity contribution in [2.24, 2.45) is 0 Å². The van der Waals surface area contributed by atoms with E-state index in [-0.39, 0.29) is 12.5 Å². The van der Waals surface area contributed by atoms with Crippen molar-refractivity contribution >= 4 is 17.3 Å². The second kappa shape index (κ2) is 7.11. The number of methoxy groups -OCH3 is 1. The van der Waals surface area contributed by atoms with Crippen molar-refractivity contribution in [3.63, 3.8) is 0 Å². The lowest BCUT2D eigenvalue weighted by Gasteiger charge is -2.24. The summed E-state index contributed by atoms with van der Waals surface area (Å²) in [6.45, 7) is 2.20. The Morgan fingerprint density at radius 1 is 1.37 bits per heavy atom. The number of nitrogens with one attached hydrogen (secondary N) is 3. The third kappa shape index (κ3) is 4.54. The molecular formula is C14H21N3O2. The summed E-state index contributed by atoms with van der Waals surface area (Å²) in [5.74, 6) is -0.139. The molecule has 1 aliphatic heterocycles. The van der Waals surface area contributed by atoms with Gasteiger partial charge in [-0.1, -0.05) is 0 Å². The van der Waals surface area contributed by atoms with E-state index in [1.165, 1.54) is 20.0 Å². The summed E-state index contributed by atoms with van der Waals surface area (Å²) in [6.07, 6.45) is 2.40. The van der Waals surface area contributed by atoms with E-state index in [1.54, 1.807) is 0 Å². The fraction of sp³-hybridized carbons (Fsp3) is 0.500. The Hall–Kier alpha value is -1.59. The summed E-state index contributed by atoms with van der Waals surface area (Å²) < 4.78 is 4.77. The zero-order valence-corrected chi connectivity index (χ0v) is 11.2. The Labute approximate surface area is 113 Å². The summed E-state index contributed by atoms with van der Waals surface area (Å²) in [7, 11) is 1.50. The van der Waals surface area contributed by atoms with E-state index in [4.69, 9.17) is 4.74 Å². The van der Waals surface area contributed by atoms with Gasteiger partial charge in [-0.05, 0) is 43.7 Å². The second-order valence-electron chi connectivity index (χ2n) is 4.75. The van der Waals surface area contributed by atoms with Gasteiger partial charge in [-0.2, -0.15) is 0 Å². The number of benzene rings is 1. The molecule has 5 heteroatoms. The standard InChI is InChI=1S/C14H21N3O2/c1-19-10-14(18)17-12-6-4-11(5-7-12)16-13-3-2-8-15-9-13/h4-7,13,15-16H,2-3,8-10H2,1H3,(H,17,18). The normalized spacial score (nSPS) is 18.9. The molecule has 1 fully saturated rings. The van der Waals surface area contributed by atoms with Crippen molar-refractivity contribution in [3.8, 4) is 0 Å². The maximum absolute atomic E-state index is 11.4. The van der Waals surface area contributed by atoms with E-state index in [0.717, 1.165) is 24.5 Å². The number of carbonyl (C=O) groups excluding carboxylic acids is 1. The molecule has 3 N–H and O–H groups in total. The summed E-state index contributed by atoms with van der Waals surface area (Å²) in [5, 5.41) is 9.63. The van der Waals surface area contributed by atoms with E-state index in [1.807, 2.05) is 24.3 Å². The van der Waals surface area contributed by atoms with Crippen molar-refractivity contribution in [2.45, 2.75) is 18.9 Å². The van der Waals surface area contributed by atoms with Gasteiger partial charge in [-0.15, -0.1) is 0 Å². The van der Waals surface area contributed by atoms with Gasteiger partial charge < -0.3 is 20.7 Å². The van der Waals surface area contributed by atoms with Crippen molar-refractivity contribution in [3.05, 3.63) is 24.3 Å². The van der Waals surface area contributed by atoms with Gasteiger partial charge in [0.2, 0.25) is 5.91 Å². The number of carbonyl (C=O) groups is 1. The Kier molecular flexibility index (Phi) is 5.18. The summed E-state index contributed by atoms with van der Waals surface area (Å²) in [5.41, 5.74) is 1.87. The Morgan fingerprint density at radius 3 is 2.74 bits per heavy atom. The first-order chi connectivity index (χ1) is 9.28. The Balaban J connectivity index is 1.85. The fourth-order valence-electron chi connectivity index (χ4n) is 2.19. The van der Waals surface area contributed by atoms with Crippen LogP contribution in [0.25, 0.3) is 0 Å². The average molecular weight is 263 g/mol. The molecule has 0 bridgehead atoms. The van der Waals surface area contributed by atoms with Gasteiger partial charge in [0.15, 0.2) is 0 Å². The van der Waals surface area contributed by atoms with Crippen molar-refractivity contribution in [2.75, 3.05) is 37.4 Å². The topological polar surface area (TPSA) is 62.4 Å². The third-order valence-corrected chi connectivity index (χ3v) is 3.11. The minimum absolute atomic E-state index is 0.0771. The van der Waals surface area contributed by atoms with E-state index >= 15 is 0 Å². The number of amides is 1. The summed E-state index contributed by atoms with van der Waals surface area (Å²) >= 11 is 0.